The fourth-order valence-corrected chi connectivity index (χ4v) is 4.25. The molecule has 8 heteroatoms. The minimum atomic E-state index is -3.75. The van der Waals surface area contributed by atoms with Gasteiger partial charge in [-0.05, 0) is 55.0 Å². The number of anilines is 2. The number of amides is 1. The standard InChI is InChI=1S/C23H24FN3O3S/c1-17(18-11-13-19(24)14-12-18)26-23(28)16-25-20-7-6-10-22(15-20)31(29,30)27(2)21-8-4-3-5-9-21/h3-15,17,25H,16H2,1-2H3,(H,26,28). The highest BCUT2D eigenvalue weighted by atomic mass is 32.2. The average molecular weight is 442 g/mol. The van der Waals surface area contributed by atoms with Crippen LogP contribution in [0.3, 0.4) is 0 Å². The van der Waals surface area contributed by atoms with E-state index >= 15 is 0 Å². The summed E-state index contributed by atoms with van der Waals surface area (Å²) in [6.07, 6.45) is 0. The molecule has 3 rings (SSSR count). The van der Waals surface area contributed by atoms with Gasteiger partial charge in [0, 0.05) is 12.7 Å². The van der Waals surface area contributed by atoms with Crippen LogP contribution in [0.1, 0.15) is 18.5 Å². The Morgan fingerprint density at radius 3 is 2.35 bits per heavy atom. The van der Waals surface area contributed by atoms with Gasteiger partial charge in [0.15, 0.2) is 0 Å². The fraction of sp³-hybridized carbons (Fsp3) is 0.174. The van der Waals surface area contributed by atoms with Crippen molar-refractivity contribution in [2.24, 2.45) is 0 Å². The molecule has 0 aliphatic heterocycles. The molecule has 2 N–H and O–H groups in total. The quantitative estimate of drug-likeness (QED) is 0.555. The SMILES string of the molecule is CC(NC(=O)CNc1cccc(S(=O)(=O)N(C)c2ccccc2)c1)c1ccc(F)cc1. The predicted octanol–water partition coefficient (Wildman–Crippen LogP) is 3.94. The lowest BCUT2D eigenvalue weighted by Gasteiger charge is -2.20. The molecule has 3 aromatic carbocycles. The molecule has 162 valence electrons. The van der Waals surface area contributed by atoms with Gasteiger partial charge in [0.25, 0.3) is 10.0 Å². The molecule has 0 aliphatic rings. The van der Waals surface area contributed by atoms with Crippen molar-refractivity contribution in [1.29, 1.82) is 0 Å². The molecule has 0 radical (unpaired) electrons. The zero-order valence-corrected chi connectivity index (χ0v) is 18.1. The van der Waals surface area contributed by atoms with Gasteiger partial charge >= 0.3 is 0 Å². The third kappa shape index (κ3) is 5.61. The Balaban J connectivity index is 1.64. The largest absolute Gasteiger partial charge is 0.376 e. The molecule has 0 aromatic heterocycles. The second kappa shape index (κ2) is 9.61. The summed E-state index contributed by atoms with van der Waals surface area (Å²) < 4.78 is 40.1. The molecule has 31 heavy (non-hydrogen) atoms. The van der Waals surface area contributed by atoms with Gasteiger partial charge in [0.05, 0.1) is 23.2 Å². The van der Waals surface area contributed by atoms with Crippen LogP contribution in [0, 0.1) is 5.82 Å². The number of hydrogen-bond acceptors (Lipinski definition) is 4. The van der Waals surface area contributed by atoms with E-state index in [0.717, 1.165) is 5.56 Å². The van der Waals surface area contributed by atoms with Crippen LogP contribution in [0.4, 0.5) is 15.8 Å². The van der Waals surface area contributed by atoms with Crippen LogP contribution in [0.25, 0.3) is 0 Å². The third-order valence-electron chi connectivity index (χ3n) is 4.81. The van der Waals surface area contributed by atoms with Crippen LogP contribution in [0.15, 0.2) is 83.8 Å². The smallest absolute Gasteiger partial charge is 0.264 e. The van der Waals surface area contributed by atoms with E-state index in [1.807, 2.05) is 6.07 Å². The van der Waals surface area contributed by atoms with E-state index in [1.165, 1.54) is 35.6 Å². The Kier molecular flexibility index (Phi) is 6.91. The summed E-state index contributed by atoms with van der Waals surface area (Å²) in [4.78, 5) is 12.4. The van der Waals surface area contributed by atoms with Crippen molar-refractivity contribution in [3.05, 3.63) is 90.2 Å². The molecule has 6 nitrogen and oxygen atoms in total. The van der Waals surface area contributed by atoms with Crippen LogP contribution in [0.5, 0.6) is 0 Å². The van der Waals surface area contributed by atoms with E-state index in [4.69, 9.17) is 0 Å². The van der Waals surface area contributed by atoms with Crippen LogP contribution < -0.4 is 14.9 Å². The first kappa shape index (κ1) is 22.3. The van der Waals surface area contributed by atoms with Gasteiger partial charge in [-0.3, -0.25) is 9.10 Å². The van der Waals surface area contributed by atoms with Gasteiger partial charge in [0.2, 0.25) is 5.91 Å². The minimum Gasteiger partial charge on any atom is -0.376 e. The summed E-state index contributed by atoms with van der Waals surface area (Å²) in [5.41, 5.74) is 1.84. The van der Waals surface area contributed by atoms with E-state index in [9.17, 15) is 17.6 Å². The Morgan fingerprint density at radius 1 is 1.00 bits per heavy atom. The molecule has 0 spiro atoms. The minimum absolute atomic E-state index is 0.0381. The normalized spacial score (nSPS) is 12.1. The number of hydrogen-bond donors (Lipinski definition) is 2. The molecule has 1 amide bonds. The van der Waals surface area contributed by atoms with Gasteiger partial charge < -0.3 is 10.6 Å². The number of benzene rings is 3. The van der Waals surface area contributed by atoms with Crippen molar-refractivity contribution in [3.8, 4) is 0 Å². The van der Waals surface area contributed by atoms with Crippen molar-refractivity contribution in [2.75, 3.05) is 23.2 Å². The summed E-state index contributed by atoms with van der Waals surface area (Å²) in [5, 5.41) is 5.77. The van der Waals surface area contributed by atoms with Crippen LogP contribution in [-0.2, 0) is 14.8 Å². The molecule has 0 heterocycles. The van der Waals surface area contributed by atoms with Crippen LogP contribution in [0.2, 0.25) is 0 Å². The number of carbonyl (C=O) groups is 1. The van der Waals surface area contributed by atoms with Crippen molar-refractivity contribution >= 4 is 27.3 Å². The number of sulfonamides is 1. The zero-order chi connectivity index (χ0) is 22.4. The summed E-state index contributed by atoms with van der Waals surface area (Å²) in [5.74, 6) is -0.608. The summed E-state index contributed by atoms with van der Waals surface area (Å²) in [7, 11) is -2.25. The van der Waals surface area contributed by atoms with Gasteiger partial charge in [-0.15, -0.1) is 0 Å². The molecule has 1 unspecified atom stereocenters. The zero-order valence-electron chi connectivity index (χ0n) is 17.2. The van der Waals surface area contributed by atoms with E-state index in [2.05, 4.69) is 10.6 Å². The summed E-state index contributed by atoms with van der Waals surface area (Å²) in [6.45, 7) is 1.77. The molecule has 0 saturated carbocycles. The van der Waals surface area contributed by atoms with Crippen LogP contribution >= 0.6 is 0 Å². The molecular formula is C23H24FN3O3S. The van der Waals surface area contributed by atoms with E-state index < -0.39 is 10.0 Å². The maximum absolute atomic E-state index is 13.0. The molecular weight excluding hydrogens is 417 g/mol. The monoisotopic (exact) mass is 441 g/mol. The molecule has 1 atom stereocenters. The molecule has 0 saturated heterocycles. The highest BCUT2D eigenvalue weighted by molar-refractivity contribution is 7.92. The number of halogens is 1. The predicted molar refractivity (Wildman–Crippen MR) is 120 cm³/mol. The lowest BCUT2D eigenvalue weighted by Crippen LogP contribution is -2.32. The van der Waals surface area contributed by atoms with Gasteiger partial charge in [-0.25, -0.2) is 12.8 Å². The van der Waals surface area contributed by atoms with Crippen molar-refractivity contribution in [1.82, 2.24) is 5.32 Å². The molecule has 3 aromatic rings. The maximum Gasteiger partial charge on any atom is 0.264 e. The Bertz CT molecular complexity index is 1140. The highest BCUT2D eigenvalue weighted by Crippen LogP contribution is 2.23. The molecule has 0 bridgehead atoms. The first-order valence-corrected chi connectivity index (χ1v) is 11.1. The first-order chi connectivity index (χ1) is 14.8. The number of para-hydroxylation sites is 1. The lowest BCUT2D eigenvalue weighted by molar-refractivity contribution is -0.120. The van der Waals surface area contributed by atoms with E-state index in [0.29, 0.717) is 11.4 Å². The highest BCUT2D eigenvalue weighted by Gasteiger charge is 2.21. The van der Waals surface area contributed by atoms with E-state index in [1.54, 1.807) is 55.5 Å². The Morgan fingerprint density at radius 2 is 1.68 bits per heavy atom. The number of carbonyl (C=O) groups excluding carboxylic acids is 1. The van der Waals surface area contributed by atoms with Crippen molar-refractivity contribution in [2.45, 2.75) is 17.9 Å². The van der Waals surface area contributed by atoms with Crippen LogP contribution in [-0.4, -0.2) is 27.9 Å². The van der Waals surface area contributed by atoms with Crippen molar-refractivity contribution < 1.29 is 17.6 Å². The lowest BCUT2D eigenvalue weighted by atomic mass is 10.1. The van der Waals surface area contributed by atoms with Gasteiger partial charge in [0.1, 0.15) is 5.82 Å². The number of rotatable bonds is 8. The molecule has 0 aliphatic carbocycles. The van der Waals surface area contributed by atoms with Gasteiger partial charge in [-0.1, -0.05) is 36.4 Å². The van der Waals surface area contributed by atoms with E-state index in [-0.39, 0.29) is 29.2 Å². The second-order valence-corrected chi connectivity index (χ2v) is 9.00. The first-order valence-electron chi connectivity index (χ1n) is 9.70. The number of nitrogens with one attached hydrogen (secondary N) is 2. The van der Waals surface area contributed by atoms with Gasteiger partial charge in [-0.2, -0.15) is 0 Å². The number of nitrogens with zero attached hydrogens (tertiary/aromatic N) is 1. The molecule has 0 fully saturated rings. The van der Waals surface area contributed by atoms with Crippen molar-refractivity contribution in [3.63, 3.8) is 0 Å². The maximum atomic E-state index is 13.0. The Labute approximate surface area is 181 Å². The fourth-order valence-electron chi connectivity index (χ4n) is 3.01. The Hall–Kier alpha value is -3.39. The average Bonchev–Trinajstić information content (AvgIpc) is 2.78. The summed E-state index contributed by atoms with van der Waals surface area (Å²) >= 11 is 0. The third-order valence-corrected chi connectivity index (χ3v) is 6.59. The topological polar surface area (TPSA) is 78.5 Å². The summed E-state index contributed by atoms with van der Waals surface area (Å²) in [6, 6.07) is 20.7. The second-order valence-electron chi connectivity index (χ2n) is 7.03.